The molecule has 0 fully saturated rings. The molecule has 17 heavy (non-hydrogen) atoms. The minimum Gasteiger partial charge on any atom is -0.277 e. The fourth-order valence-electron chi connectivity index (χ4n) is 1.18. The SMILES string of the molecule is Cc1cncc(NS(=O)(=O)c2cnc(Cl)s2)c1. The van der Waals surface area contributed by atoms with Gasteiger partial charge in [0.05, 0.1) is 18.1 Å². The van der Waals surface area contributed by atoms with E-state index in [1.807, 2.05) is 6.92 Å². The number of nitrogens with one attached hydrogen (secondary N) is 1. The highest BCUT2D eigenvalue weighted by Gasteiger charge is 2.17. The molecule has 1 N–H and O–H groups in total. The molecule has 5 nitrogen and oxygen atoms in total. The minimum absolute atomic E-state index is 0.0732. The minimum atomic E-state index is -3.63. The van der Waals surface area contributed by atoms with Crippen molar-refractivity contribution in [2.75, 3.05) is 4.72 Å². The topological polar surface area (TPSA) is 72.0 Å². The second kappa shape index (κ2) is 4.59. The van der Waals surface area contributed by atoms with E-state index in [0.29, 0.717) is 5.69 Å². The summed E-state index contributed by atoms with van der Waals surface area (Å²) in [5.74, 6) is 0. The van der Waals surface area contributed by atoms with E-state index in [-0.39, 0.29) is 8.68 Å². The number of hydrogen-bond donors (Lipinski definition) is 1. The van der Waals surface area contributed by atoms with Crippen LogP contribution >= 0.6 is 22.9 Å². The van der Waals surface area contributed by atoms with Gasteiger partial charge in [0.25, 0.3) is 10.0 Å². The normalized spacial score (nSPS) is 11.4. The van der Waals surface area contributed by atoms with Crippen molar-refractivity contribution >= 4 is 38.6 Å². The maximum Gasteiger partial charge on any atom is 0.273 e. The van der Waals surface area contributed by atoms with Crippen LogP contribution in [0.3, 0.4) is 0 Å². The van der Waals surface area contributed by atoms with E-state index in [2.05, 4.69) is 14.7 Å². The number of thiazole rings is 1. The highest BCUT2D eigenvalue weighted by atomic mass is 35.5. The molecule has 8 heteroatoms. The van der Waals surface area contributed by atoms with Gasteiger partial charge in [0.1, 0.15) is 0 Å². The summed E-state index contributed by atoms with van der Waals surface area (Å²) in [5, 5.41) is 0. The molecule has 0 aliphatic heterocycles. The maximum atomic E-state index is 11.9. The van der Waals surface area contributed by atoms with E-state index < -0.39 is 10.0 Å². The summed E-state index contributed by atoms with van der Waals surface area (Å²) in [6.45, 7) is 1.83. The van der Waals surface area contributed by atoms with Crippen LogP contribution in [0.25, 0.3) is 0 Å². The number of aryl methyl sites for hydroxylation is 1. The number of nitrogens with zero attached hydrogens (tertiary/aromatic N) is 2. The molecule has 0 saturated carbocycles. The van der Waals surface area contributed by atoms with Crippen molar-refractivity contribution in [3.05, 3.63) is 34.7 Å². The zero-order valence-electron chi connectivity index (χ0n) is 8.71. The summed E-state index contributed by atoms with van der Waals surface area (Å²) < 4.78 is 26.5. The molecule has 2 rings (SSSR count). The van der Waals surface area contributed by atoms with E-state index in [0.717, 1.165) is 16.9 Å². The van der Waals surface area contributed by atoms with Gasteiger partial charge in [0.2, 0.25) is 0 Å². The molecule has 0 saturated heterocycles. The molecule has 2 aromatic rings. The molecule has 0 aromatic carbocycles. The van der Waals surface area contributed by atoms with E-state index in [9.17, 15) is 8.42 Å². The van der Waals surface area contributed by atoms with Gasteiger partial charge in [-0.15, -0.1) is 0 Å². The first-order valence-corrected chi connectivity index (χ1v) is 7.21. The Morgan fingerprint density at radius 3 is 2.71 bits per heavy atom. The standard InChI is InChI=1S/C9H8ClN3O2S2/c1-6-2-7(4-11-3-6)13-17(14,15)8-5-12-9(10)16-8/h2-5,13H,1H3. The lowest BCUT2D eigenvalue weighted by atomic mass is 10.3. The molecule has 0 atom stereocenters. The van der Waals surface area contributed by atoms with Crippen molar-refractivity contribution in [2.45, 2.75) is 11.1 Å². The van der Waals surface area contributed by atoms with E-state index in [4.69, 9.17) is 11.6 Å². The molecular formula is C9H8ClN3O2S2. The third-order valence-electron chi connectivity index (χ3n) is 1.85. The zero-order chi connectivity index (χ0) is 12.5. The number of sulfonamides is 1. The lowest BCUT2D eigenvalue weighted by Gasteiger charge is -2.05. The molecular weight excluding hydrogens is 282 g/mol. The Morgan fingerprint density at radius 1 is 1.35 bits per heavy atom. The van der Waals surface area contributed by atoms with Gasteiger partial charge in [-0.3, -0.25) is 9.71 Å². The summed E-state index contributed by atoms with van der Waals surface area (Å²) in [6.07, 6.45) is 4.30. The summed E-state index contributed by atoms with van der Waals surface area (Å²) in [6, 6.07) is 1.69. The van der Waals surface area contributed by atoms with Crippen molar-refractivity contribution < 1.29 is 8.42 Å². The van der Waals surface area contributed by atoms with Gasteiger partial charge < -0.3 is 0 Å². The number of rotatable bonds is 3. The largest absolute Gasteiger partial charge is 0.277 e. The monoisotopic (exact) mass is 289 g/mol. The number of halogens is 1. The Bertz CT molecular complexity index is 639. The Labute approximate surface area is 108 Å². The van der Waals surface area contributed by atoms with E-state index >= 15 is 0 Å². The molecule has 0 aliphatic rings. The average Bonchev–Trinajstić information content (AvgIpc) is 2.65. The molecule has 2 aromatic heterocycles. The van der Waals surface area contributed by atoms with Gasteiger partial charge in [-0.25, -0.2) is 13.4 Å². The van der Waals surface area contributed by atoms with Crippen LogP contribution in [0, 0.1) is 6.92 Å². The predicted octanol–water partition coefficient (Wildman–Crippen LogP) is 2.30. The van der Waals surface area contributed by atoms with Crippen molar-refractivity contribution in [3.63, 3.8) is 0 Å². The fourth-order valence-corrected chi connectivity index (χ4v) is 3.51. The van der Waals surface area contributed by atoms with Gasteiger partial charge in [0.15, 0.2) is 8.68 Å². The Balaban J connectivity index is 2.29. The third kappa shape index (κ3) is 2.93. The van der Waals surface area contributed by atoms with E-state index in [1.54, 1.807) is 12.3 Å². The molecule has 0 spiro atoms. The second-order valence-corrected chi connectivity index (χ2v) is 6.81. The predicted molar refractivity (Wildman–Crippen MR) is 66.9 cm³/mol. The first-order chi connectivity index (χ1) is 7.97. The zero-order valence-corrected chi connectivity index (χ0v) is 11.1. The Morgan fingerprint density at radius 2 is 2.12 bits per heavy atom. The second-order valence-electron chi connectivity index (χ2n) is 3.29. The molecule has 0 unspecified atom stereocenters. The van der Waals surface area contributed by atoms with Gasteiger partial charge >= 0.3 is 0 Å². The highest BCUT2D eigenvalue weighted by Crippen LogP contribution is 2.24. The van der Waals surface area contributed by atoms with Gasteiger partial charge in [-0.05, 0) is 18.6 Å². The van der Waals surface area contributed by atoms with Crippen LogP contribution in [0.4, 0.5) is 5.69 Å². The number of anilines is 1. The highest BCUT2D eigenvalue weighted by molar-refractivity contribution is 7.94. The van der Waals surface area contributed by atoms with Gasteiger partial charge in [-0.1, -0.05) is 22.9 Å². The molecule has 0 bridgehead atoms. The summed E-state index contributed by atoms with van der Waals surface area (Å²) in [5.41, 5.74) is 1.28. The van der Waals surface area contributed by atoms with Gasteiger partial charge in [-0.2, -0.15) is 0 Å². The van der Waals surface area contributed by atoms with Crippen LogP contribution in [-0.2, 0) is 10.0 Å². The lowest BCUT2D eigenvalue weighted by Crippen LogP contribution is -2.11. The van der Waals surface area contributed by atoms with Crippen LogP contribution in [-0.4, -0.2) is 18.4 Å². The van der Waals surface area contributed by atoms with E-state index in [1.165, 1.54) is 12.4 Å². The van der Waals surface area contributed by atoms with Crippen molar-refractivity contribution in [3.8, 4) is 0 Å². The van der Waals surface area contributed by atoms with Crippen molar-refractivity contribution in [2.24, 2.45) is 0 Å². The van der Waals surface area contributed by atoms with Crippen LogP contribution < -0.4 is 4.72 Å². The fraction of sp³-hybridized carbons (Fsp3) is 0.111. The Kier molecular flexibility index (Phi) is 3.32. The van der Waals surface area contributed by atoms with Crippen LogP contribution in [0.1, 0.15) is 5.56 Å². The smallest absolute Gasteiger partial charge is 0.273 e. The first kappa shape index (κ1) is 12.3. The lowest BCUT2D eigenvalue weighted by molar-refractivity contribution is 0.603. The van der Waals surface area contributed by atoms with Crippen molar-refractivity contribution in [1.82, 2.24) is 9.97 Å². The molecule has 2 heterocycles. The number of pyridine rings is 1. The molecule has 0 radical (unpaired) electrons. The van der Waals surface area contributed by atoms with Crippen LogP contribution in [0.15, 0.2) is 28.9 Å². The quantitative estimate of drug-likeness (QED) is 0.941. The van der Waals surface area contributed by atoms with Crippen molar-refractivity contribution in [1.29, 1.82) is 0 Å². The van der Waals surface area contributed by atoms with Gasteiger partial charge in [0, 0.05) is 6.20 Å². The third-order valence-corrected chi connectivity index (χ3v) is 4.81. The van der Waals surface area contributed by atoms with Crippen LogP contribution in [0.2, 0.25) is 4.47 Å². The Hall–Kier alpha value is -1.18. The number of hydrogen-bond acceptors (Lipinski definition) is 5. The van der Waals surface area contributed by atoms with Crippen LogP contribution in [0.5, 0.6) is 0 Å². The first-order valence-electron chi connectivity index (χ1n) is 4.53. The summed E-state index contributed by atoms with van der Waals surface area (Å²) in [7, 11) is -3.63. The molecule has 0 aliphatic carbocycles. The number of aromatic nitrogens is 2. The molecule has 90 valence electrons. The average molecular weight is 290 g/mol. The summed E-state index contributed by atoms with van der Waals surface area (Å²) >= 11 is 6.50. The molecule has 0 amide bonds. The maximum absolute atomic E-state index is 11.9. The summed E-state index contributed by atoms with van der Waals surface area (Å²) in [4.78, 5) is 7.59.